The molecule has 0 aromatic carbocycles. The molecule has 116 valence electrons. The minimum Gasteiger partial charge on any atom is -0.346 e. The van der Waals surface area contributed by atoms with E-state index in [1.807, 2.05) is 19.1 Å². The van der Waals surface area contributed by atoms with Crippen molar-refractivity contribution in [2.45, 2.75) is 51.1 Å². The van der Waals surface area contributed by atoms with Crippen LogP contribution in [0.1, 0.15) is 56.1 Å². The number of hydrogen-bond acceptors (Lipinski definition) is 4. The van der Waals surface area contributed by atoms with Crippen molar-refractivity contribution in [2.24, 2.45) is 0 Å². The maximum atomic E-state index is 12.2. The Balaban J connectivity index is 1.63. The first-order chi connectivity index (χ1) is 10.7. The number of amides is 1. The molecule has 1 fully saturated rings. The number of nitrogens with one attached hydrogen (secondary N) is 1. The highest BCUT2D eigenvalue weighted by atomic mass is 16.1. The van der Waals surface area contributed by atoms with Gasteiger partial charge in [0.15, 0.2) is 5.82 Å². The maximum Gasteiger partial charge on any atom is 0.225 e. The van der Waals surface area contributed by atoms with Crippen LogP contribution in [0, 0.1) is 0 Å². The molecule has 1 unspecified atom stereocenters. The minimum atomic E-state index is -0.141. The van der Waals surface area contributed by atoms with E-state index in [-0.39, 0.29) is 11.9 Å². The highest BCUT2D eigenvalue weighted by Gasteiger charge is 2.23. The molecular weight excluding hydrogens is 278 g/mol. The lowest BCUT2D eigenvalue weighted by Gasteiger charge is -2.18. The molecule has 1 aliphatic rings. The first-order valence-electron chi connectivity index (χ1n) is 7.81. The topological polar surface area (TPSA) is 72.7 Å². The van der Waals surface area contributed by atoms with Gasteiger partial charge < -0.3 is 9.88 Å². The lowest BCUT2D eigenvalue weighted by atomic mass is 10.2. The van der Waals surface area contributed by atoms with Crippen LogP contribution in [-0.4, -0.2) is 25.7 Å². The van der Waals surface area contributed by atoms with Crippen LogP contribution < -0.4 is 5.32 Å². The summed E-state index contributed by atoms with van der Waals surface area (Å²) in [5, 5.41) is 11.3. The van der Waals surface area contributed by atoms with E-state index in [9.17, 15) is 4.79 Å². The van der Waals surface area contributed by atoms with E-state index in [4.69, 9.17) is 0 Å². The first kappa shape index (κ1) is 14.7. The van der Waals surface area contributed by atoms with Crippen LogP contribution in [0.5, 0.6) is 0 Å². The van der Waals surface area contributed by atoms with E-state index in [0.29, 0.717) is 12.5 Å². The third-order valence-electron chi connectivity index (χ3n) is 4.20. The van der Waals surface area contributed by atoms with Gasteiger partial charge in [0.25, 0.3) is 0 Å². The minimum absolute atomic E-state index is 0.0142. The molecule has 0 spiro atoms. The van der Waals surface area contributed by atoms with E-state index >= 15 is 0 Å². The highest BCUT2D eigenvalue weighted by Crippen LogP contribution is 2.31. The van der Waals surface area contributed by atoms with Crippen LogP contribution in [0.3, 0.4) is 0 Å². The maximum absolute atomic E-state index is 12.2. The zero-order chi connectivity index (χ0) is 15.4. The zero-order valence-electron chi connectivity index (χ0n) is 12.8. The molecule has 1 atom stereocenters. The summed E-state index contributed by atoms with van der Waals surface area (Å²) in [4.78, 5) is 16.1. The Hall–Kier alpha value is -2.24. The Morgan fingerprint density at radius 3 is 2.82 bits per heavy atom. The molecule has 0 saturated heterocycles. The van der Waals surface area contributed by atoms with Gasteiger partial charge in [0.1, 0.15) is 6.33 Å². The fourth-order valence-corrected chi connectivity index (χ4v) is 3.07. The fourth-order valence-electron chi connectivity index (χ4n) is 3.07. The summed E-state index contributed by atoms with van der Waals surface area (Å²) < 4.78 is 2.13. The molecule has 1 N–H and O–H groups in total. The Labute approximate surface area is 130 Å². The van der Waals surface area contributed by atoms with Gasteiger partial charge in [-0.3, -0.25) is 9.78 Å². The van der Waals surface area contributed by atoms with E-state index in [2.05, 4.69) is 25.1 Å². The molecular formula is C16H21N5O. The molecule has 2 heterocycles. The predicted molar refractivity (Wildman–Crippen MR) is 82.0 cm³/mol. The molecule has 22 heavy (non-hydrogen) atoms. The van der Waals surface area contributed by atoms with Crippen molar-refractivity contribution in [3.05, 3.63) is 42.2 Å². The van der Waals surface area contributed by atoms with Crippen LogP contribution in [0.2, 0.25) is 0 Å². The second-order valence-corrected chi connectivity index (χ2v) is 5.86. The Morgan fingerprint density at radius 2 is 2.09 bits per heavy atom. The third kappa shape index (κ3) is 3.32. The van der Waals surface area contributed by atoms with Crippen LogP contribution in [0.25, 0.3) is 0 Å². The third-order valence-corrected chi connectivity index (χ3v) is 4.20. The molecule has 0 bridgehead atoms. The molecule has 2 aromatic heterocycles. The van der Waals surface area contributed by atoms with Crippen LogP contribution in [0.15, 0.2) is 30.9 Å². The van der Waals surface area contributed by atoms with Crippen molar-refractivity contribution in [2.75, 3.05) is 0 Å². The zero-order valence-corrected chi connectivity index (χ0v) is 12.8. The number of hydrogen-bond donors (Lipinski definition) is 1. The number of aromatic nitrogens is 4. The monoisotopic (exact) mass is 299 g/mol. The van der Waals surface area contributed by atoms with Gasteiger partial charge in [-0.15, -0.1) is 10.2 Å². The summed E-state index contributed by atoms with van der Waals surface area (Å²) in [6.45, 7) is 1.96. The number of pyridine rings is 1. The first-order valence-corrected chi connectivity index (χ1v) is 7.81. The number of rotatable bonds is 5. The van der Waals surface area contributed by atoms with Gasteiger partial charge in [0.05, 0.1) is 12.5 Å². The Bertz CT molecular complexity index is 618. The molecule has 0 aliphatic heterocycles. The molecule has 1 amide bonds. The van der Waals surface area contributed by atoms with Gasteiger partial charge in [0.2, 0.25) is 5.91 Å². The van der Waals surface area contributed by atoms with Crippen molar-refractivity contribution >= 4 is 5.91 Å². The second-order valence-electron chi connectivity index (χ2n) is 5.86. The van der Waals surface area contributed by atoms with E-state index in [1.54, 1.807) is 18.7 Å². The van der Waals surface area contributed by atoms with Crippen molar-refractivity contribution in [1.29, 1.82) is 0 Å². The number of carbonyl (C=O) groups is 1. The summed E-state index contributed by atoms with van der Waals surface area (Å²) in [5.74, 6) is 0.828. The SMILES string of the molecule is CC(NC(=O)Cc1ccncc1)c1nncn1C1CCCC1. The van der Waals surface area contributed by atoms with Crippen LogP contribution in [0.4, 0.5) is 0 Å². The largest absolute Gasteiger partial charge is 0.346 e. The van der Waals surface area contributed by atoms with Crippen LogP contribution >= 0.6 is 0 Å². The van der Waals surface area contributed by atoms with Gasteiger partial charge in [-0.05, 0) is 37.5 Å². The van der Waals surface area contributed by atoms with Gasteiger partial charge in [-0.1, -0.05) is 12.8 Å². The summed E-state index contributed by atoms with van der Waals surface area (Å²) in [6, 6.07) is 4.04. The standard InChI is InChI=1S/C16H21N5O/c1-12(19-15(22)10-13-6-8-17-9-7-13)16-20-18-11-21(16)14-4-2-3-5-14/h6-9,11-12,14H,2-5,10H2,1H3,(H,19,22). The number of carbonyl (C=O) groups excluding carboxylic acids is 1. The Morgan fingerprint density at radius 1 is 1.36 bits per heavy atom. The molecule has 2 aromatic rings. The van der Waals surface area contributed by atoms with Crippen LogP contribution in [-0.2, 0) is 11.2 Å². The van der Waals surface area contributed by atoms with Crippen molar-refractivity contribution in [1.82, 2.24) is 25.1 Å². The van der Waals surface area contributed by atoms with E-state index in [1.165, 1.54) is 25.7 Å². The molecule has 1 saturated carbocycles. The van der Waals surface area contributed by atoms with Crippen molar-refractivity contribution in [3.8, 4) is 0 Å². The summed E-state index contributed by atoms with van der Waals surface area (Å²) in [6.07, 6.45) is 10.4. The van der Waals surface area contributed by atoms with Gasteiger partial charge in [-0.25, -0.2) is 0 Å². The average molecular weight is 299 g/mol. The predicted octanol–water partition coefficient (Wildman–Crippen LogP) is 2.21. The van der Waals surface area contributed by atoms with Crippen molar-refractivity contribution in [3.63, 3.8) is 0 Å². The quantitative estimate of drug-likeness (QED) is 0.918. The summed E-state index contributed by atoms with van der Waals surface area (Å²) in [7, 11) is 0. The molecule has 6 heteroatoms. The smallest absolute Gasteiger partial charge is 0.225 e. The lowest BCUT2D eigenvalue weighted by Crippen LogP contribution is -2.30. The van der Waals surface area contributed by atoms with Gasteiger partial charge >= 0.3 is 0 Å². The van der Waals surface area contributed by atoms with Gasteiger partial charge in [0, 0.05) is 18.4 Å². The molecule has 3 rings (SSSR count). The normalized spacial score (nSPS) is 16.6. The molecule has 6 nitrogen and oxygen atoms in total. The van der Waals surface area contributed by atoms with E-state index in [0.717, 1.165) is 11.4 Å². The number of nitrogens with zero attached hydrogens (tertiary/aromatic N) is 4. The average Bonchev–Trinajstić information content (AvgIpc) is 3.19. The summed E-state index contributed by atoms with van der Waals surface area (Å²) >= 11 is 0. The highest BCUT2D eigenvalue weighted by molar-refractivity contribution is 5.78. The summed E-state index contributed by atoms with van der Waals surface area (Å²) in [5.41, 5.74) is 0.956. The molecule has 0 radical (unpaired) electrons. The molecule has 1 aliphatic carbocycles. The second kappa shape index (κ2) is 6.68. The van der Waals surface area contributed by atoms with Gasteiger partial charge in [-0.2, -0.15) is 0 Å². The Kier molecular flexibility index (Phi) is 4.46. The van der Waals surface area contributed by atoms with E-state index < -0.39 is 0 Å². The van der Waals surface area contributed by atoms with Crippen molar-refractivity contribution < 1.29 is 4.79 Å². The fraction of sp³-hybridized carbons (Fsp3) is 0.500. The lowest BCUT2D eigenvalue weighted by molar-refractivity contribution is -0.121.